The number of nitrogens with zero attached hydrogens (tertiary/aromatic N) is 1. The number of methoxy groups -OCH3 is 1. The lowest BCUT2D eigenvalue weighted by Crippen LogP contribution is -2.45. The summed E-state index contributed by atoms with van der Waals surface area (Å²) in [6.45, 7) is 1.39. The van der Waals surface area contributed by atoms with Crippen LogP contribution in [0.15, 0.2) is 16.3 Å². The molecule has 1 saturated heterocycles. The Morgan fingerprint density at radius 2 is 2.09 bits per heavy atom. The highest BCUT2D eigenvalue weighted by Gasteiger charge is 2.26. The number of carbonyl (C=O) groups excluding carboxylic acids is 2. The van der Waals surface area contributed by atoms with Crippen LogP contribution in [0.1, 0.15) is 9.67 Å². The van der Waals surface area contributed by atoms with E-state index in [-0.39, 0.29) is 22.2 Å². The maximum atomic E-state index is 12.2. The van der Waals surface area contributed by atoms with Crippen molar-refractivity contribution in [3.8, 4) is 0 Å². The van der Waals surface area contributed by atoms with Gasteiger partial charge in [0.05, 0.1) is 26.9 Å². The highest BCUT2D eigenvalue weighted by atomic mass is 32.2. The zero-order valence-corrected chi connectivity index (χ0v) is 13.5. The molecule has 2 rings (SSSR count). The van der Waals surface area contributed by atoms with Crippen LogP contribution in [0.3, 0.4) is 0 Å². The van der Waals surface area contributed by atoms with Gasteiger partial charge in [0.2, 0.25) is 15.9 Å². The number of thiophene rings is 1. The van der Waals surface area contributed by atoms with Crippen LogP contribution in [-0.4, -0.2) is 65.2 Å². The van der Waals surface area contributed by atoms with Gasteiger partial charge in [-0.05, 0) is 11.4 Å². The molecule has 0 bridgehead atoms. The summed E-state index contributed by atoms with van der Waals surface area (Å²) in [6, 6.07) is 1.30. The Morgan fingerprint density at radius 3 is 2.73 bits per heavy atom. The summed E-state index contributed by atoms with van der Waals surface area (Å²) in [7, 11) is -2.78. The van der Waals surface area contributed by atoms with Gasteiger partial charge < -0.3 is 14.4 Å². The van der Waals surface area contributed by atoms with Gasteiger partial charge in [-0.3, -0.25) is 4.79 Å². The lowest BCUT2D eigenvalue weighted by Gasteiger charge is -2.26. The summed E-state index contributed by atoms with van der Waals surface area (Å²) in [5, 5.41) is 1.48. The summed E-state index contributed by atoms with van der Waals surface area (Å²) in [5.74, 6) is -1.06. The molecule has 0 spiro atoms. The number of hydrogen-bond donors (Lipinski definition) is 1. The summed E-state index contributed by atoms with van der Waals surface area (Å²) < 4.78 is 36.3. The monoisotopic (exact) mass is 348 g/mol. The summed E-state index contributed by atoms with van der Waals surface area (Å²) in [5.41, 5.74) is 0. The van der Waals surface area contributed by atoms with Crippen molar-refractivity contribution in [3.63, 3.8) is 0 Å². The van der Waals surface area contributed by atoms with Gasteiger partial charge in [-0.15, -0.1) is 11.3 Å². The standard InChI is InChI=1S/C12H16N2O6S2/c1-19-12(16)11-9(2-7-21-11)22(17,18)13-8-10(15)14-3-5-20-6-4-14/h2,7,13H,3-6,8H2,1H3. The molecule has 8 nitrogen and oxygen atoms in total. The number of carbonyl (C=O) groups is 2. The van der Waals surface area contributed by atoms with Crippen molar-refractivity contribution < 1.29 is 27.5 Å². The van der Waals surface area contributed by atoms with Gasteiger partial charge in [0.1, 0.15) is 9.77 Å². The molecule has 0 atom stereocenters. The van der Waals surface area contributed by atoms with Crippen LogP contribution in [0.4, 0.5) is 0 Å². The van der Waals surface area contributed by atoms with Crippen molar-refractivity contribution in [1.82, 2.24) is 9.62 Å². The summed E-state index contributed by atoms with van der Waals surface area (Å²) in [6.07, 6.45) is 0. The highest BCUT2D eigenvalue weighted by Crippen LogP contribution is 2.22. The predicted octanol–water partition coefficient (Wildman–Crippen LogP) is -0.328. The third-order valence-electron chi connectivity index (χ3n) is 3.07. The van der Waals surface area contributed by atoms with Crippen molar-refractivity contribution >= 4 is 33.2 Å². The average molecular weight is 348 g/mol. The van der Waals surface area contributed by atoms with Gasteiger partial charge in [0.15, 0.2) is 0 Å². The summed E-state index contributed by atoms with van der Waals surface area (Å²) >= 11 is 0.966. The average Bonchev–Trinajstić information content (AvgIpc) is 3.03. The Labute approximate surface area is 132 Å². The van der Waals surface area contributed by atoms with Crippen LogP contribution in [-0.2, 0) is 24.3 Å². The molecule has 1 N–H and O–H groups in total. The van der Waals surface area contributed by atoms with Crippen LogP contribution in [0.25, 0.3) is 0 Å². The third kappa shape index (κ3) is 3.83. The van der Waals surface area contributed by atoms with Gasteiger partial charge in [-0.1, -0.05) is 0 Å². The number of esters is 1. The van der Waals surface area contributed by atoms with Gasteiger partial charge >= 0.3 is 5.97 Å². The lowest BCUT2D eigenvalue weighted by atomic mass is 10.4. The molecule has 1 fully saturated rings. The molecule has 1 aromatic heterocycles. The first kappa shape index (κ1) is 16.9. The molecule has 1 aliphatic rings. The second kappa shape index (κ2) is 7.18. The summed E-state index contributed by atoms with van der Waals surface area (Å²) in [4.78, 5) is 24.8. The second-order valence-electron chi connectivity index (χ2n) is 4.42. The number of sulfonamides is 1. The minimum absolute atomic E-state index is 0.0196. The number of nitrogens with one attached hydrogen (secondary N) is 1. The molecule has 0 aromatic carbocycles. The fraction of sp³-hybridized carbons (Fsp3) is 0.500. The van der Waals surface area contributed by atoms with E-state index in [0.717, 1.165) is 11.3 Å². The molecule has 2 heterocycles. The lowest BCUT2D eigenvalue weighted by molar-refractivity contribution is -0.133. The van der Waals surface area contributed by atoms with Crippen LogP contribution >= 0.6 is 11.3 Å². The van der Waals surface area contributed by atoms with E-state index in [1.165, 1.54) is 23.5 Å². The Balaban J connectivity index is 2.04. The molecular formula is C12H16N2O6S2. The van der Waals surface area contributed by atoms with E-state index in [1.807, 2.05) is 0 Å². The maximum Gasteiger partial charge on any atom is 0.349 e. The van der Waals surface area contributed by atoms with Crippen LogP contribution < -0.4 is 4.72 Å². The third-order valence-corrected chi connectivity index (χ3v) is 5.53. The van der Waals surface area contributed by atoms with Crippen molar-refractivity contribution in [1.29, 1.82) is 0 Å². The quantitative estimate of drug-likeness (QED) is 0.731. The first-order valence-electron chi connectivity index (χ1n) is 6.46. The molecular weight excluding hydrogens is 332 g/mol. The SMILES string of the molecule is COC(=O)c1sccc1S(=O)(=O)NCC(=O)N1CCOCC1. The first-order valence-corrected chi connectivity index (χ1v) is 8.83. The molecule has 0 unspecified atom stereocenters. The van der Waals surface area contributed by atoms with Crippen molar-refractivity contribution in [2.75, 3.05) is 40.0 Å². The zero-order valence-electron chi connectivity index (χ0n) is 11.9. The highest BCUT2D eigenvalue weighted by molar-refractivity contribution is 7.89. The Hall–Kier alpha value is -1.49. The molecule has 1 aromatic rings. The predicted molar refractivity (Wildman–Crippen MR) is 78.2 cm³/mol. The number of morpholine rings is 1. The fourth-order valence-corrected chi connectivity index (χ4v) is 4.22. The van der Waals surface area contributed by atoms with E-state index in [2.05, 4.69) is 9.46 Å². The fourth-order valence-electron chi connectivity index (χ4n) is 1.91. The van der Waals surface area contributed by atoms with Crippen LogP contribution in [0.5, 0.6) is 0 Å². The molecule has 0 aliphatic carbocycles. The van der Waals surface area contributed by atoms with Gasteiger partial charge in [-0.25, -0.2) is 17.9 Å². The van der Waals surface area contributed by atoms with Gasteiger partial charge in [0.25, 0.3) is 0 Å². The number of hydrogen-bond acceptors (Lipinski definition) is 7. The Bertz CT molecular complexity index is 648. The van der Waals surface area contributed by atoms with Gasteiger partial charge in [-0.2, -0.15) is 0 Å². The van der Waals surface area contributed by atoms with E-state index < -0.39 is 16.0 Å². The van der Waals surface area contributed by atoms with E-state index in [1.54, 1.807) is 0 Å². The topological polar surface area (TPSA) is 102 Å². The van der Waals surface area contributed by atoms with Gasteiger partial charge in [0, 0.05) is 13.1 Å². The number of ether oxygens (including phenoxy) is 2. The molecule has 0 saturated carbocycles. The first-order chi connectivity index (χ1) is 10.5. The zero-order chi connectivity index (χ0) is 16.2. The van der Waals surface area contributed by atoms with E-state index in [9.17, 15) is 18.0 Å². The van der Waals surface area contributed by atoms with E-state index in [0.29, 0.717) is 26.3 Å². The van der Waals surface area contributed by atoms with E-state index >= 15 is 0 Å². The molecule has 1 amide bonds. The largest absolute Gasteiger partial charge is 0.465 e. The minimum Gasteiger partial charge on any atom is -0.465 e. The number of amides is 1. The second-order valence-corrected chi connectivity index (χ2v) is 7.07. The molecule has 1 aliphatic heterocycles. The molecule has 0 radical (unpaired) electrons. The Kier molecular flexibility index (Phi) is 5.51. The molecule has 10 heteroatoms. The smallest absolute Gasteiger partial charge is 0.349 e. The normalized spacial score (nSPS) is 15.6. The minimum atomic E-state index is -3.96. The van der Waals surface area contributed by atoms with Crippen molar-refractivity contribution in [2.45, 2.75) is 4.90 Å². The molecule has 122 valence electrons. The van der Waals surface area contributed by atoms with Crippen molar-refractivity contribution in [3.05, 3.63) is 16.3 Å². The maximum absolute atomic E-state index is 12.2. The van der Waals surface area contributed by atoms with E-state index in [4.69, 9.17) is 4.74 Å². The number of rotatable bonds is 5. The van der Waals surface area contributed by atoms with Crippen LogP contribution in [0, 0.1) is 0 Å². The Morgan fingerprint density at radius 1 is 1.41 bits per heavy atom. The van der Waals surface area contributed by atoms with Crippen LogP contribution in [0.2, 0.25) is 0 Å². The molecule has 22 heavy (non-hydrogen) atoms. The van der Waals surface area contributed by atoms with Crippen molar-refractivity contribution in [2.24, 2.45) is 0 Å².